The van der Waals surface area contributed by atoms with Gasteiger partial charge in [-0.15, -0.1) is 0 Å². The van der Waals surface area contributed by atoms with Gasteiger partial charge in [0.25, 0.3) is 0 Å². The predicted octanol–water partition coefficient (Wildman–Crippen LogP) is 0.133. The van der Waals surface area contributed by atoms with E-state index in [4.69, 9.17) is 0 Å². The number of rotatable bonds is 1. The summed E-state index contributed by atoms with van der Waals surface area (Å²) in [6, 6.07) is 0. The summed E-state index contributed by atoms with van der Waals surface area (Å²) in [6.07, 6.45) is 0.396. The van der Waals surface area contributed by atoms with Crippen molar-refractivity contribution < 1.29 is 9.18 Å². The molecule has 9 heavy (non-hydrogen) atoms. The number of alkyl halides is 1. The third-order valence-electron chi connectivity index (χ3n) is 1.63. The molecule has 0 spiro atoms. The Bertz CT molecular complexity index is 107. The van der Waals surface area contributed by atoms with E-state index in [1.165, 1.54) is 0 Å². The zero-order valence-electron chi connectivity index (χ0n) is 5.14. The molecule has 0 amide bonds. The van der Waals surface area contributed by atoms with E-state index >= 15 is 0 Å². The van der Waals surface area contributed by atoms with Gasteiger partial charge < -0.3 is 10.1 Å². The Hall–Kier alpha value is -0.440. The largest absolute Gasteiger partial charge is 0.314 e. The molecule has 1 fully saturated rings. The monoisotopic (exact) mass is 131 g/mol. The van der Waals surface area contributed by atoms with Crippen molar-refractivity contribution in [1.29, 1.82) is 0 Å². The van der Waals surface area contributed by atoms with Crippen molar-refractivity contribution in [2.75, 3.05) is 13.1 Å². The first-order valence-corrected chi connectivity index (χ1v) is 3.14. The van der Waals surface area contributed by atoms with Crippen LogP contribution in [-0.4, -0.2) is 25.5 Å². The minimum Gasteiger partial charge on any atom is -0.314 e. The van der Waals surface area contributed by atoms with Gasteiger partial charge in [-0.2, -0.15) is 0 Å². The van der Waals surface area contributed by atoms with E-state index < -0.39 is 6.17 Å². The third-order valence-corrected chi connectivity index (χ3v) is 1.63. The van der Waals surface area contributed by atoms with E-state index in [2.05, 4.69) is 5.32 Å². The maximum absolute atomic E-state index is 12.6. The number of hydrogen-bond donors (Lipinski definition) is 1. The Morgan fingerprint density at radius 2 is 2.44 bits per heavy atom. The summed E-state index contributed by atoms with van der Waals surface area (Å²) in [7, 11) is 0. The van der Waals surface area contributed by atoms with Gasteiger partial charge in [0.05, 0.1) is 0 Å². The number of nitrogens with one attached hydrogen (secondary N) is 1. The number of piperidine rings is 1. The summed E-state index contributed by atoms with van der Waals surface area (Å²) in [5.41, 5.74) is 0. The Labute approximate surface area is 53.4 Å². The predicted molar refractivity (Wildman–Crippen MR) is 31.9 cm³/mol. The van der Waals surface area contributed by atoms with Crippen LogP contribution in [0.3, 0.4) is 0 Å². The lowest BCUT2D eigenvalue weighted by molar-refractivity contribution is -0.113. The van der Waals surface area contributed by atoms with Gasteiger partial charge in [-0.05, 0) is 13.0 Å². The Balaban J connectivity index is 2.38. The summed E-state index contributed by atoms with van der Waals surface area (Å²) in [5.74, 6) is -0.355. The second kappa shape index (κ2) is 2.92. The van der Waals surface area contributed by atoms with Crippen LogP contribution in [0.15, 0.2) is 0 Å². The first kappa shape index (κ1) is 6.68. The highest BCUT2D eigenvalue weighted by Gasteiger charge is 2.23. The molecule has 52 valence electrons. The van der Waals surface area contributed by atoms with Crippen molar-refractivity contribution in [3.63, 3.8) is 0 Å². The molecule has 1 aliphatic heterocycles. The molecule has 0 bridgehead atoms. The average Bonchev–Trinajstić information content (AvgIpc) is 1.89. The molecule has 0 aromatic rings. The van der Waals surface area contributed by atoms with Crippen molar-refractivity contribution in [3.8, 4) is 0 Å². The number of carbonyl (C=O) groups excluding carboxylic acids is 1. The van der Waals surface area contributed by atoms with Crippen LogP contribution >= 0.6 is 0 Å². The summed E-state index contributed by atoms with van der Waals surface area (Å²) in [4.78, 5) is 10.1. The fraction of sp³-hybridized carbons (Fsp3) is 0.833. The smallest absolute Gasteiger partial charge is 0.126 e. The highest BCUT2D eigenvalue weighted by Crippen LogP contribution is 2.12. The molecule has 1 heterocycles. The summed E-state index contributed by atoms with van der Waals surface area (Å²) in [5, 5.41) is 2.86. The molecule has 1 saturated heterocycles. The van der Waals surface area contributed by atoms with E-state index in [0.717, 1.165) is 6.54 Å². The zero-order chi connectivity index (χ0) is 6.69. The number of aldehydes is 1. The second-order valence-electron chi connectivity index (χ2n) is 2.31. The molecule has 2 atom stereocenters. The van der Waals surface area contributed by atoms with Gasteiger partial charge in [0.15, 0.2) is 0 Å². The highest BCUT2D eigenvalue weighted by molar-refractivity contribution is 5.54. The number of hydrogen-bond acceptors (Lipinski definition) is 2. The molecule has 1 N–H and O–H groups in total. The van der Waals surface area contributed by atoms with E-state index in [0.29, 0.717) is 19.3 Å². The average molecular weight is 131 g/mol. The normalized spacial score (nSPS) is 36.1. The van der Waals surface area contributed by atoms with Crippen molar-refractivity contribution in [2.24, 2.45) is 5.92 Å². The minimum absolute atomic E-state index is 0.337. The second-order valence-corrected chi connectivity index (χ2v) is 2.31. The van der Waals surface area contributed by atoms with E-state index in [1.54, 1.807) is 0 Å². The molecule has 3 heteroatoms. The van der Waals surface area contributed by atoms with Gasteiger partial charge in [-0.3, -0.25) is 0 Å². The topological polar surface area (TPSA) is 29.1 Å². The van der Waals surface area contributed by atoms with Crippen LogP contribution in [0.5, 0.6) is 0 Å². The minimum atomic E-state index is -0.962. The molecule has 0 aromatic heterocycles. The standard InChI is InChI=1S/C6H10FNO/c7-6-3-8-2-1-5(6)4-9/h4-6,8H,1-3H2/t5-,6-/m0/s1. The van der Waals surface area contributed by atoms with Crippen LogP contribution in [0.1, 0.15) is 6.42 Å². The van der Waals surface area contributed by atoms with Gasteiger partial charge in [-0.25, -0.2) is 4.39 Å². The molecule has 0 aliphatic carbocycles. The van der Waals surface area contributed by atoms with Crippen molar-refractivity contribution in [2.45, 2.75) is 12.6 Å². The van der Waals surface area contributed by atoms with Gasteiger partial charge >= 0.3 is 0 Å². The highest BCUT2D eigenvalue weighted by atomic mass is 19.1. The number of carbonyl (C=O) groups is 1. The van der Waals surface area contributed by atoms with Gasteiger partial charge in [0.2, 0.25) is 0 Å². The third kappa shape index (κ3) is 1.48. The zero-order valence-corrected chi connectivity index (χ0v) is 5.14. The van der Waals surface area contributed by atoms with Gasteiger partial charge in [-0.1, -0.05) is 0 Å². The SMILES string of the molecule is O=C[C@@H]1CCNC[C@@H]1F. The van der Waals surface area contributed by atoms with Crippen LogP contribution in [-0.2, 0) is 4.79 Å². The van der Waals surface area contributed by atoms with E-state index in [9.17, 15) is 9.18 Å². The summed E-state index contributed by atoms with van der Waals surface area (Å²) in [6.45, 7) is 1.10. The first-order valence-electron chi connectivity index (χ1n) is 3.14. The summed E-state index contributed by atoms with van der Waals surface area (Å²) < 4.78 is 12.6. The van der Waals surface area contributed by atoms with Crippen LogP contribution in [0.2, 0.25) is 0 Å². The molecule has 0 radical (unpaired) electrons. The van der Waals surface area contributed by atoms with E-state index in [-0.39, 0.29) is 5.92 Å². The van der Waals surface area contributed by atoms with Crippen LogP contribution in [0, 0.1) is 5.92 Å². The fourth-order valence-corrected chi connectivity index (χ4v) is 0.994. The number of halogens is 1. The molecular formula is C6H10FNO. The first-order chi connectivity index (χ1) is 4.34. The lowest BCUT2D eigenvalue weighted by Crippen LogP contribution is -2.38. The lowest BCUT2D eigenvalue weighted by Gasteiger charge is -2.21. The molecule has 2 nitrogen and oxygen atoms in total. The molecule has 0 aromatic carbocycles. The van der Waals surface area contributed by atoms with E-state index in [1.807, 2.05) is 0 Å². The van der Waals surface area contributed by atoms with Crippen LogP contribution in [0.25, 0.3) is 0 Å². The van der Waals surface area contributed by atoms with Crippen molar-refractivity contribution >= 4 is 6.29 Å². The van der Waals surface area contributed by atoms with Gasteiger partial charge in [0.1, 0.15) is 12.5 Å². The Kier molecular flexibility index (Phi) is 2.16. The molecule has 0 unspecified atom stereocenters. The van der Waals surface area contributed by atoms with Crippen molar-refractivity contribution in [3.05, 3.63) is 0 Å². The Morgan fingerprint density at radius 3 is 2.89 bits per heavy atom. The molecule has 0 saturated carbocycles. The van der Waals surface area contributed by atoms with Crippen molar-refractivity contribution in [1.82, 2.24) is 5.32 Å². The molecule has 1 rings (SSSR count). The molecular weight excluding hydrogens is 121 g/mol. The van der Waals surface area contributed by atoms with Crippen LogP contribution in [0.4, 0.5) is 4.39 Å². The quantitative estimate of drug-likeness (QED) is 0.512. The maximum Gasteiger partial charge on any atom is 0.126 e. The lowest BCUT2D eigenvalue weighted by atomic mass is 9.98. The molecule has 1 aliphatic rings. The fourth-order valence-electron chi connectivity index (χ4n) is 0.994. The Morgan fingerprint density at radius 1 is 1.67 bits per heavy atom. The van der Waals surface area contributed by atoms with Gasteiger partial charge in [0, 0.05) is 12.5 Å². The maximum atomic E-state index is 12.6. The van der Waals surface area contributed by atoms with Crippen LogP contribution < -0.4 is 5.32 Å². The summed E-state index contributed by atoms with van der Waals surface area (Å²) >= 11 is 0.